The van der Waals surface area contributed by atoms with Gasteiger partial charge in [0.1, 0.15) is 0 Å². The van der Waals surface area contributed by atoms with Crippen LogP contribution in [0, 0.1) is 23.7 Å². The van der Waals surface area contributed by atoms with E-state index in [4.69, 9.17) is 10.5 Å². The number of hydrogen-bond donors (Lipinski definition) is 1. The van der Waals surface area contributed by atoms with Crippen molar-refractivity contribution in [1.82, 2.24) is 4.90 Å². The lowest BCUT2D eigenvalue weighted by Gasteiger charge is -2.44. The molecule has 1 amide bonds. The molecule has 3 fully saturated rings. The smallest absolute Gasteiger partial charge is 0.225 e. The third-order valence-electron chi connectivity index (χ3n) is 6.82. The van der Waals surface area contributed by atoms with Gasteiger partial charge in [0, 0.05) is 31.0 Å². The van der Waals surface area contributed by atoms with Crippen LogP contribution in [-0.4, -0.2) is 36.5 Å². The Labute approximate surface area is 157 Å². The van der Waals surface area contributed by atoms with Crippen molar-refractivity contribution in [2.75, 3.05) is 19.7 Å². The van der Waals surface area contributed by atoms with E-state index in [0.29, 0.717) is 36.3 Å². The Morgan fingerprint density at radius 2 is 1.85 bits per heavy atom. The molecule has 2 aliphatic carbocycles. The van der Waals surface area contributed by atoms with Gasteiger partial charge in [-0.05, 0) is 49.5 Å². The molecule has 1 saturated heterocycles. The van der Waals surface area contributed by atoms with Gasteiger partial charge in [0.2, 0.25) is 5.91 Å². The molecule has 0 spiro atoms. The van der Waals surface area contributed by atoms with E-state index in [-0.39, 0.29) is 5.92 Å². The Morgan fingerprint density at radius 3 is 2.58 bits per heavy atom. The van der Waals surface area contributed by atoms with Gasteiger partial charge in [0.05, 0.1) is 13.2 Å². The first-order chi connectivity index (χ1) is 12.7. The van der Waals surface area contributed by atoms with Gasteiger partial charge in [-0.2, -0.15) is 0 Å². The van der Waals surface area contributed by atoms with Gasteiger partial charge in [-0.15, -0.1) is 0 Å². The van der Waals surface area contributed by atoms with Crippen LogP contribution in [0.3, 0.4) is 0 Å². The van der Waals surface area contributed by atoms with E-state index >= 15 is 0 Å². The number of carbonyl (C=O) groups is 1. The van der Waals surface area contributed by atoms with Crippen LogP contribution < -0.4 is 5.73 Å². The van der Waals surface area contributed by atoms with Crippen molar-refractivity contribution in [3.63, 3.8) is 0 Å². The number of hydrogen-bond acceptors (Lipinski definition) is 3. The number of benzene rings is 1. The minimum absolute atomic E-state index is 0.217. The van der Waals surface area contributed by atoms with Crippen LogP contribution in [0.25, 0.3) is 0 Å². The van der Waals surface area contributed by atoms with Gasteiger partial charge in [-0.1, -0.05) is 36.8 Å². The Kier molecular flexibility index (Phi) is 5.60. The average molecular weight is 357 g/mol. The van der Waals surface area contributed by atoms with Crippen LogP contribution in [0.1, 0.15) is 44.1 Å². The SMILES string of the molecule is NC1C2CCCC1CC(C(=O)N1CCC(COCc3ccccc3)C1)C2. The van der Waals surface area contributed by atoms with E-state index in [0.717, 1.165) is 39.0 Å². The standard InChI is InChI=1S/C22H32N2O2/c23-21-18-7-4-8-19(21)12-20(11-18)22(25)24-10-9-17(13-24)15-26-14-16-5-2-1-3-6-16/h1-3,5-6,17-21H,4,7-15,23H2. The van der Waals surface area contributed by atoms with Crippen molar-refractivity contribution < 1.29 is 9.53 Å². The summed E-state index contributed by atoms with van der Waals surface area (Å²) >= 11 is 0. The quantitative estimate of drug-likeness (QED) is 0.881. The molecule has 4 rings (SSSR count). The van der Waals surface area contributed by atoms with Crippen LogP contribution >= 0.6 is 0 Å². The number of nitrogens with two attached hydrogens (primary N) is 1. The summed E-state index contributed by atoms with van der Waals surface area (Å²) in [5, 5.41) is 0. The second kappa shape index (κ2) is 8.10. The van der Waals surface area contributed by atoms with Crippen molar-refractivity contribution >= 4 is 5.91 Å². The first-order valence-electron chi connectivity index (χ1n) is 10.4. The summed E-state index contributed by atoms with van der Waals surface area (Å²) in [6, 6.07) is 10.6. The van der Waals surface area contributed by atoms with Gasteiger partial charge < -0.3 is 15.4 Å². The van der Waals surface area contributed by atoms with Crippen LogP contribution in [0.15, 0.2) is 30.3 Å². The molecule has 142 valence electrons. The Morgan fingerprint density at radius 1 is 1.12 bits per heavy atom. The molecule has 4 heteroatoms. The molecule has 2 N–H and O–H groups in total. The van der Waals surface area contributed by atoms with E-state index in [2.05, 4.69) is 17.0 Å². The van der Waals surface area contributed by atoms with Gasteiger partial charge >= 0.3 is 0 Å². The Hall–Kier alpha value is -1.39. The second-order valence-corrected chi connectivity index (χ2v) is 8.64. The maximum absolute atomic E-state index is 13.0. The Balaban J connectivity index is 1.24. The summed E-state index contributed by atoms with van der Waals surface area (Å²) < 4.78 is 5.90. The molecular formula is C22H32N2O2. The lowest BCUT2D eigenvalue weighted by atomic mass is 9.65. The molecular weight excluding hydrogens is 324 g/mol. The molecule has 26 heavy (non-hydrogen) atoms. The van der Waals surface area contributed by atoms with E-state index in [1.54, 1.807) is 0 Å². The van der Waals surface area contributed by atoms with E-state index in [1.807, 2.05) is 18.2 Å². The molecule has 1 heterocycles. The van der Waals surface area contributed by atoms with Crippen LogP contribution in [0.2, 0.25) is 0 Å². The molecule has 4 nitrogen and oxygen atoms in total. The molecule has 2 bridgehead atoms. The number of nitrogens with zero attached hydrogens (tertiary/aromatic N) is 1. The fraction of sp³-hybridized carbons (Fsp3) is 0.682. The normalized spacial score (nSPS) is 34.0. The number of ether oxygens (including phenoxy) is 1. The minimum Gasteiger partial charge on any atom is -0.376 e. The summed E-state index contributed by atoms with van der Waals surface area (Å²) in [7, 11) is 0. The summed E-state index contributed by atoms with van der Waals surface area (Å²) in [4.78, 5) is 15.1. The predicted molar refractivity (Wildman–Crippen MR) is 102 cm³/mol. The topological polar surface area (TPSA) is 55.6 Å². The van der Waals surface area contributed by atoms with Gasteiger partial charge in [0.15, 0.2) is 0 Å². The lowest BCUT2D eigenvalue weighted by molar-refractivity contribution is -0.137. The summed E-state index contributed by atoms with van der Waals surface area (Å²) in [6.07, 6.45) is 6.84. The highest BCUT2D eigenvalue weighted by Gasteiger charge is 2.42. The summed E-state index contributed by atoms with van der Waals surface area (Å²) in [5.41, 5.74) is 7.60. The van der Waals surface area contributed by atoms with E-state index in [1.165, 1.54) is 24.8 Å². The highest BCUT2D eigenvalue weighted by atomic mass is 16.5. The monoisotopic (exact) mass is 356 g/mol. The first-order valence-corrected chi connectivity index (χ1v) is 10.4. The Bertz CT molecular complexity index is 591. The second-order valence-electron chi connectivity index (χ2n) is 8.64. The van der Waals surface area contributed by atoms with Crippen LogP contribution in [0.5, 0.6) is 0 Å². The third kappa shape index (κ3) is 3.96. The number of amides is 1. The predicted octanol–water partition coefficient (Wildman–Crippen LogP) is 3.21. The maximum atomic E-state index is 13.0. The average Bonchev–Trinajstić information content (AvgIpc) is 3.11. The molecule has 3 unspecified atom stereocenters. The van der Waals surface area contributed by atoms with Crippen molar-refractivity contribution in [2.45, 2.75) is 51.2 Å². The maximum Gasteiger partial charge on any atom is 0.225 e. The zero-order valence-corrected chi connectivity index (χ0v) is 15.7. The van der Waals surface area contributed by atoms with Crippen molar-refractivity contribution in [3.05, 3.63) is 35.9 Å². The number of carbonyl (C=O) groups excluding carboxylic acids is 1. The zero-order chi connectivity index (χ0) is 17.9. The largest absolute Gasteiger partial charge is 0.376 e. The fourth-order valence-electron chi connectivity index (χ4n) is 5.34. The molecule has 2 saturated carbocycles. The third-order valence-corrected chi connectivity index (χ3v) is 6.82. The van der Waals surface area contributed by atoms with Gasteiger partial charge in [-0.3, -0.25) is 4.79 Å². The molecule has 3 atom stereocenters. The van der Waals surface area contributed by atoms with E-state index < -0.39 is 0 Å². The molecule has 0 aromatic heterocycles. The highest BCUT2D eigenvalue weighted by molar-refractivity contribution is 5.79. The lowest BCUT2D eigenvalue weighted by Crippen LogP contribution is -2.49. The minimum atomic E-state index is 0.217. The van der Waals surface area contributed by atoms with Crippen molar-refractivity contribution in [2.24, 2.45) is 29.4 Å². The van der Waals surface area contributed by atoms with E-state index in [9.17, 15) is 4.79 Å². The van der Waals surface area contributed by atoms with Gasteiger partial charge in [0.25, 0.3) is 0 Å². The molecule has 1 aliphatic heterocycles. The zero-order valence-electron chi connectivity index (χ0n) is 15.7. The van der Waals surface area contributed by atoms with Crippen molar-refractivity contribution in [3.8, 4) is 0 Å². The molecule has 0 radical (unpaired) electrons. The molecule has 1 aromatic carbocycles. The van der Waals surface area contributed by atoms with Crippen LogP contribution in [0.4, 0.5) is 0 Å². The number of rotatable bonds is 5. The summed E-state index contributed by atoms with van der Waals surface area (Å²) in [6.45, 7) is 3.18. The molecule has 3 aliphatic rings. The highest BCUT2D eigenvalue weighted by Crippen LogP contribution is 2.42. The molecule has 1 aromatic rings. The number of fused-ring (bicyclic) bond motifs is 2. The van der Waals surface area contributed by atoms with Gasteiger partial charge in [-0.25, -0.2) is 0 Å². The first kappa shape index (κ1) is 18.0. The fourth-order valence-corrected chi connectivity index (χ4v) is 5.34. The number of likely N-dealkylation sites (tertiary alicyclic amines) is 1. The van der Waals surface area contributed by atoms with Crippen molar-refractivity contribution in [1.29, 1.82) is 0 Å². The summed E-state index contributed by atoms with van der Waals surface area (Å²) in [5.74, 6) is 2.23. The van der Waals surface area contributed by atoms with Crippen LogP contribution in [-0.2, 0) is 16.1 Å².